The van der Waals surface area contributed by atoms with Crippen molar-refractivity contribution >= 4 is 10.9 Å². The summed E-state index contributed by atoms with van der Waals surface area (Å²) in [5.74, 6) is 1.38. The van der Waals surface area contributed by atoms with Crippen molar-refractivity contribution in [2.45, 2.75) is 24.8 Å². The van der Waals surface area contributed by atoms with Gasteiger partial charge in [0.15, 0.2) is 0 Å². The molecule has 1 saturated heterocycles. The summed E-state index contributed by atoms with van der Waals surface area (Å²) in [5, 5.41) is 4.72. The van der Waals surface area contributed by atoms with E-state index in [4.69, 9.17) is 14.2 Å². The lowest BCUT2D eigenvalue weighted by molar-refractivity contribution is 0.0497. The number of rotatable bonds is 7. The molecule has 3 aromatic rings. The molecule has 4 rings (SSSR count). The molecule has 1 fully saturated rings. The highest BCUT2D eigenvalue weighted by molar-refractivity contribution is 5.91. The van der Waals surface area contributed by atoms with E-state index in [1.807, 2.05) is 25.2 Å². The first kappa shape index (κ1) is 20.7. The maximum atomic E-state index is 13.9. The van der Waals surface area contributed by atoms with Gasteiger partial charge in [0.25, 0.3) is 0 Å². The average molecular weight is 413 g/mol. The summed E-state index contributed by atoms with van der Waals surface area (Å²) in [6.45, 7) is 2.84. The van der Waals surface area contributed by atoms with Gasteiger partial charge in [-0.2, -0.15) is 0 Å². The van der Waals surface area contributed by atoms with Crippen LogP contribution >= 0.6 is 0 Å². The summed E-state index contributed by atoms with van der Waals surface area (Å²) in [4.78, 5) is 0. The lowest BCUT2D eigenvalue weighted by atomic mass is 9.74. The van der Waals surface area contributed by atoms with E-state index in [1.54, 1.807) is 26.4 Å². The highest BCUT2D eigenvalue weighted by atomic mass is 19.1. The maximum absolute atomic E-state index is 13.9. The minimum atomic E-state index is -0.189. The summed E-state index contributed by atoms with van der Waals surface area (Å²) in [6.07, 6.45) is 3.87. The van der Waals surface area contributed by atoms with Crippen molar-refractivity contribution in [2.24, 2.45) is 7.05 Å². The van der Waals surface area contributed by atoms with Gasteiger partial charge in [-0.25, -0.2) is 4.39 Å². The third-order valence-corrected chi connectivity index (χ3v) is 6.23. The Morgan fingerprint density at radius 2 is 1.93 bits per heavy atom. The summed E-state index contributed by atoms with van der Waals surface area (Å²) in [5.41, 5.74) is 3.14. The van der Waals surface area contributed by atoms with Crippen LogP contribution in [0.15, 0.2) is 42.6 Å². The number of benzene rings is 2. The van der Waals surface area contributed by atoms with Gasteiger partial charge >= 0.3 is 0 Å². The lowest BCUT2D eigenvalue weighted by Gasteiger charge is -2.38. The molecule has 160 valence electrons. The number of hydrogen-bond donors (Lipinski definition) is 1. The summed E-state index contributed by atoms with van der Waals surface area (Å²) in [6, 6.07) is 10.9. The Bertz CT molecular complexity index is 1020. The molecule has 1 aliphatic heterocycles. The zero-order chi connectivity index (χ0) is 21.1. The van der Waals surface area contributed by atoms with E-state index < -0.39 is 0 Å². The molecule has 2 heterocycles. The molecule has 0 saturated carbocycles. The van der Waals surface area contributed by atoms with E-state index >= 15 is 0 Å². The first-order valence-electron chi connectivity index (χ1n) is 10.3. The van der Waals surface area contributed by atoms with E-state index in [-0.39, 0.29) is 11.2 Å². The second-order valence-electron chi connectivity index (χ2n) is 8.00. The smallest absolute Gasteiger partial charge is 0.132 e. The number of halogens is 1. The van der Waals surface area contributed by atoms with Crippen LogP contribution in [0.2, 0.25) is 0 Å². The number of ether oxygens (including phenoxy) is 3. The van der Waals surface area contributed by atoms with Crippen LogP contribution in [0.25, 0.3) is 10.9 Å². The summed E-state index contributed by atoms with van der Waals surface area (Å²) < 4.78 is 32.7. The molecule has 0 aliphatic carbocycles. The normalized spacial score (nSPS) is 16.0. The second kappa shape index (κ2) is 8.66. The molecule has 6 heteroatoms. The van der Waals surface area contributed by atoms with Crippen molar-refractivity contribution in [1.29, 1.82) is 0 Å². The van der Waals surface area contributed by atoms with Gasteiger partial charge in [0.1, 0.15) is 17.3 Å². The Kier molecular flexibility index (Phi) is 5.97. The molecule has 0 atom stereocenters. The molecule has 0 bridgehead atoms. The van der Waals surface area contributed by atoms with Gasteiger partial charge in [-0.1, -0.05) is 12.1 Å². The third-order valence-electron chi connectivity index (χ3n) is 6.23. The van der Waals surface area contributed by atoms with E-state index in [1.165, 1.54) is 6.07 Å². The van der Waals surface area contributed by atoms with Gasteiger partial charge in [0.05, 0.1) is 19.7 Å². The Hall–Kier alpha value is -2.57. The number of aromatic nitrogens is 1. The fourth-order valence-corrected chi connectivity index (χ4v) is 4.54. The van der Waals surface area contributed by atoms with Gasteiger partial charge in [0.2, 0.25) is 0 Å². The molecule has 30 heavy (non-hydrogen) atoms. The average Bonchev–Trinajstić information content (AvgIpc) is 3.09. The van der Waals surface area contributed by atoms with Gasteiger partial charge in [-0.3, -0.25) is 0 Å². The van der Waals surface area contributed by atoms with Gasteiger partial charge in [-0.15, -0.1) is 0 Å². The van der Waals surface area contributed by atoms with Gasteiger partial charge < -0.3 is 24.1 Å². The van der Waals surface area contributed by atoms with Crippen molar-refractivity contribution in [3.63, 3.8) is 0 Å². The number of nitrogens with one attached hydrogen (secondary N) is 1. The highest BCUT2D eigenvalue weighted by Gasteiger charge is 2.34. The molecule has 0 radical (unpaired) electrons. The number of methoxy groups -OCH3 is 2. The Balaban J connectivity index is 1.59. The van der Waals surface area contributed by atoms with Crippen molar-refractivity contribution in [2.75, 3.05) is 34.0 Å². The van der Waals surface area contributed by atoms with E-state index in [2.05, 4.69) is 16.1 Å². The first-order valence-corrected chi connectivity index (χ1v) is 10.3. The van der Waals surface area contributed by atoms with Crippen LogP contribution in [0.5, 0.6) is 11.5 Å². The molecule has 1 aromatic heterocycles. The topological polar surface area (TPSA) is 44.6 Å². The number of nitrogens with zero attached hydrogens (tertiary/aromatic N) is 1. The Morgan fingerprint density at radius 1 is 1.13 bits per heavy atom. The van der Waals surface area contributed by atoms with E-state index in [9.17, 15) is 4.39 Å². The van der Waals surface area contributed by atoms with Crippen molar-refractivity contribution in [3.8, 4) is 11.5 Å². The quantitative estimate of drug-likeness (QED) is 0.633. The summed E-state index contributed by atoms with van der Waals surface area (Å²) >= 11 is 0. The van der Waals surface area contributed by atoms with Crippen molar-refractivity contribution < 1.29 is 18.6 Å². The second-order valence-corrected chi connectivity index (χ2v) is 8.00. The monoisotopic (exact) mass is 412 g/mol. The predicted molar refractivity (Wildman–Crippen MR) is 116 cm³/mol. The zero-order valence-corrected chi connectivity index (χ0v) is 17.8. The molecular formula is C24H29FN2O3. The fraction of sp³-hybridized carbons (Fsp3) is 0.417. The number of fused-ring (bicyclic) bond motifs is 1. The molecular weight excluding hydrogens is 383 g/mol. The van der Waals surface area contributed by atoms with Crippen LogP contribution < -0.4 is 14.8 Å². The Labute approximate surface area is 176 Å². The van der Waals surface area contributed by atoms with Crippen LogP contribution in [-0.4, -0.2) is 38.5 Å². The van der Waals surface area contributed by atoms with Gasteiger partial charge in [0, 0.05) is 62.5 Å². The SMILES string of the molecule is COc1cc(OC)c2c(CNCC3(c4cccc(F)c4)CCOCC3)cn(C)c2c1. The van der Waals surface area contributed by atoms with Crippen molar-refractivity contribution in [3.05, 3.63) is 59.5 Å². The molecule has 1 aliphatic rings. The predicted octanol–water partition coefficient (Wildman–Crippen LogP) is 4.17. The standard InChI is InChI=1S/C24H29FN2O3/c1-27-15-17(23-21(27)12-20(28-2)13-22(23)29-3)14-26-16-24(7-9-30-10-8-24)18-5-4-6-19(25)11-18/h4-6,11-13,15,26H,7-10,14,16H2,1-3H3. The highest BCUT2D eigenvalue weighted by Crippen LogP contribution is 2.36. The maximum Gasteiger partial charge on any atom is 0.132 e. The van der Waals surface area contributed by atoms with Crippen LogP contribution in [0.3, 0.4) is 0 Å². The largest absolute Gasteiger partial charge is 0.497 e. The Morgan fingerprint density at radius 3 is 2.63 bits per heavy atom. The van der Waals surface area contributed by atoms with Crippen LogP contribution in [0, 0.1) is 5.82 Å². The lowest BCUT2D eigenvalue weighted by Crippen LogP contribution is -2.42. The number of hydrogen-bond acceptors (Lipinski definition) is 4. The molecule has 1 N–H and O–H groups in total. The zero-order valence-electron chi connectivity index (χ0n) is 17.8. The fourth-order valence-electron chi connectivity index (χ4n) is 4.54. The molecule has 5 nitrogen and oxygen atoms in total. The first-order chi connectivity index (χ1) is 14.6. The summed E-state index contributed by atoms with van der Waals surface area (Å²) in [7, 11) is 5.36. The van der Waals surface area contributed by atoms with Crippen LogP contribution in [0.4, 0.5) is 4.39 Å². The molecule has 0 amide bonds. The van der Waals surface area contributed by atoms with Gasteiger partial charge in [-0.05, 0) is 36.1 Å². The third kappa shape index (κ3) is 3.89. The van der Waals surface area contributed by atoms with E-state index in [0.717, 1.165) is 52.9 Å². The van der Waals surface area contributed by atoms with Crippen LogP contribution in [0.1, 0.15) is 24.0 Å². The van der Waals surface area contributed by atoms with Crippen LogP contribution in [-0.2, 0) is 23.7 Å². The number of aryl methyl sites for hydroxylation is 1. The molecule has 2 aromatic carbocycles. The van der Waals surface area contributed by atoms with E-state index in [0.29, 0.717) is 19.8 Å². The van der Waals surface area contributed by atoms with Crippen molar-refractivity contribution in [1.82, 2.24) is 9.88 Å². The molecule has 0 unspecified atom stereocenters. The molecule has 0 spiro atoms. The minimum absolute atomic E-state index is 0.127. The minimum Gasteiger partial charge on any atom is -0.497 e.